The predicted molar refractivity (Wildman–Crippen MR) is 124 cm³/mol. The fraction of sp³-hybridized carbons (Fsp3) is 0.440. The number of benzene rings is 1. The van der Waals surface area contributed by atoms with E-state index >= 15 is 0 Å². The Labute approximate surface area is 183 Å². The molecule has 0 unspecified atom stereocenters. The number of aromatic nitrogens is 3. The Balaban J connectivity index is 2.01. The minimum Gasteiger partial charge on any atom is -0.366 e. The first-order valence-corrected chi connectivity index (χ1v) is 11.3. The van der Waals surface area contributed by atoms with Gasteiger partial charge in [0.1, 0.15) is 0 Å². The van der Waals surface area contributed by atoms with E-state index in [4.69, 9.17) is 5.73 Å². The molecule has 1 aliphatic carbocycles. The maximum atomic E-state index is 13.8. The number of para-hydroxylation sites is 1. The molecule has 0 atom stereocenters. The molecule has 2 N–H and O–H groups in total. The van der Waals surface area contributed by atoms with E-state index in [1.807, 2.05) is 55.9 Å². The summed E-state index contributed by atoms with van der Waals surface area (Å²) in [5.74, 6) is -0.461. The first-order valence-electron chi connectivity index (χ1n) is 11.3. The van der Waals surface area contributed by atoms with E-state index in [0.717, 1.165) is 66.9 Å². The summed E-state index contributed by atoms with van der Waals surface area (Å²) in [6.07, 6.45) is 6.31. The van der Waals surface area contributed by atoms with Crippen LogP contribution >= 0.6 is 0 Å². The van der Waals surface area contributed by atoms with Crippen molar-refractivity contribution in [1.29, 1.82) is 0 Å². The Morgan fingerprint density at radius 3 is 2.32 bits per heavy atom. The molecule has 2 heterocycles. The topological polar surface area (TPSA) is 75.0 Å². The summed E-state index contributed by atoms with van der Waals surface area (Å²) < 4.78 is 5.84. The van der Waals surface area contributed by atoms with E-state index in [0.29, 0.717) is 17.2 Å². The first kappa shape index (κ1) is 21.2. The third-order valence-electron chi connectivity index (χ3n) is 6.53. The third-order valence-corrected chi connectivity index (χ3v) is 6.53. The van der Waals surface area contributed by atoms with Gasteiger partial charge in [-0.05, 0) is 51.7 Å². The predicted octanol–water partition coefficient (Wildman–Crippen LogP) is 4.43. The Hall–Kier alpha value is -3.02. The fourth-order valence-corrected chi connectivity index (χ4v) is 4.81. The Bertz CT molecular complexity index is 1180. The van der Waals surface area contributed by atoms with Crippen molar-refractivity contribution in [3.63, 3.8) is 0 Å². The first-order chi connectivity index (χ1) is 14.9. The van der Waals surface area contributed by atoms with Gasteiger partial charge in [0, 0.05) is 35.7 Å². The van der Waals surface area contributed by atoms with Crippen LogP contribution in [0.1, 0.15) is 72.5 Å². The molecule has 0 bridgehead atoms. The zero-order valence-electron chi connectivity index (χ0n) is 18.9. The molecular weight excluding hydrogens is 388 g/mol. The van der Waals surface area contributed by atoms with Crippen LogP contribution in [-0.4, -0.2) is 19.8 Å². The zero-order chi connectivity index (χ0) is 22.3. The lowest BCUT2D eigenvalue weighted by atomic mass is 9.97. The van der Waals surface area contributed by atoms with Crippen molar-refractivity contribution in [3.8, 4) is 16.8 Å². The quantitative estimate of drug-likeness (QED) is 0.548. The highest BCUT2D eigenvalue weighted by Crippen LogP contribution is 2.43. The van der Waals surface area contributed by atoms with Crippen LogP contribution in [0.15, 0.2) is 35.1 Å². The molecule has 1 aromatic carbocycles. The van der Waals surface area contributed by atoms with Gasteiger partial charge in [0.05, 0.1) is 16.8 Å². The van der Waals surface area contributed by atoms with Crippen LogP contribution in [0.25, 0.3) is 16.8 Å². The number of hydrogen-bond donors (Lipinski definition) is 1. The lowest BCUT2D eigenvalue weighted by molar-refractivity contribution is 0.1000. The molecule has 1 amide bonds. The SMILES string of the molecule is CCCCCc1c(-c2c(C)n(C)n(-c3ccccc3)c2=O)c(C(N)=O)c(C)n1C1CC1. The smallest absolute Gasteiger partial charge is 0.279 e. The highest BCUT2D eigenvalue weighted by molar-refractivity contribution is 6.02. The number of nitrogens with two attached hydrogens (primary N) is 1. The van der Waals surface area contributed by atoms with Gasteiger partial charge in [-0.3, -0.25) is 14.3 Å². The summed E-state index contributed by atoms with van der Waals surface area (Å²) in [7, 11) is 1.89. The average Bonchev–Trinajstić information content (AvgIpc) is 3.49. The normalized spacial score (nSPS) is 13.7. The average molecular weight is 421 g/mol. The Kier molecular flexibility index (Phi) is 5.65. The molecule has 1 fully saturated rings. The third kappa shape index (κ3) is 3.54. The minimum absolute atomic E-state index is 0.113. The van der Waals surface area contributed by atoms with Gasteiger partial charge in [-0.1, -0.05) is 38.0 Å². The number of nitrogens with zero attached hydrogens (tertiary/aromatic N) is 3. The van der Waals surface area contributed by atoms with E-state index < -0.39 is 5.91 Å². The van der Waals surface area contributed by atoms with Crippen molar-refractivity contribution in [3.05, 3.63) is 63.3 Å². The van der Waals surface area contributed by atoms with Crippen molar-refractivity contribution in [2.75, 3.05) is 0 Å². The number of hydrogen-bond acceptors (Lipinski definition) is 2. The van der Waals surface area contributed by atoms with Gasteiger partial charge in [-0.15, -0.1) is 0 Å². The molecule has 0 radical (unpaired) electrons. The molecule has 31 heavy (non-hydrogen) atoms. The maximum absolute atomic E-state index is 13.8. The highest BCUT2D eigenvalue weighted by Gasteiger charge is 2.35. The number of unbranched alkanes of at least 4 members (excludes halogenated alkanes) is 2. The summed E-state index contributed by atoms with van der Waals surface area (Å²) in [4.78, 5) is 26.4. The van der Waals surface area contributed by atoms with E-state index in [2.05, 4.69) is 11.5 Å². The lowest BCUT2D eigenvalue weighted by Crippen LogP contribution is -2.21. The molecule has 2 aromatic heterocycles. The number of carbonyl (C=O) groups excluding carboxylic acids is 1. The van der Waals surface area contributed by atoms with Crippen LogP contribution in [0, 0.1) is 13.8 Å². The van der Waals surface area contributed by atoms with E-state index in [1.165, 1.54) is 0 Å². The molecule has 0 saturated heterocycles. The standard InChI is InChI=1S/C25H32N4O2/c1-5-6-8-13-20-23(21(24(26)30)17(3)28(20)18-14-15-18)22-16(2)27(4)29(25(22)31)19-11-9-7-10-12-19/h7,9-12,18H,5-6,8,13-15H2,1-4H3,(H2,26,30). The van der Waals surface area contributed by atoms with Crippen LogP contribution in [0.5, 0.6) is 0 Å². The van der Waals surface area contributed by atoms with Gasteiger partial charge >= 0.3 is 0 Å². The summed E-state index contributed by atoms with van der Waals surface area (Å²) in [5, 5.41) is 0. The molecule has 1 saturated carbocycles. The van der Waals surface area contributed by atoms with Crippen molar-refractivity contribution in [1.82, 2.24) is 13.9 Å². The number of primary amides is 1. The van der Waals surface area contributed by atoms with Crippen LogP contribution < -0.4 is 11.3 Å². The van der Waals surface area contributed by atoms with Crippen LogP contribution in [0.4, 0.5) is 0 Å². The van der Waals surface area contributed by atoms with Crippen molar-refractivity contribution in [2.45, 2.75) is 65.3 Å². The largest absolute Gasteiger partial charge is 0.366 e. The van der Waals surface area contributed by atoms with Gasteiger partial charge in [0.15, 0.2) is 0 Å². The van der Waals surface area contributed by atoms with E-state index in [1.54, 1.807) is 4.68 Å². The monoisotopic (exact) mass is 420 g/mol. The van der Waals surface area contributed by atoms with Crippen LogP contribution in [-0.2, 0) is 13.5 Å². The van der Waals surface area contributed by atoms with Gasteiger partial charge in [0.2, 0.25) is 0 Å². The van der Waals surface area contributed by atoms with Crippen molar-refractivity contribution >= 4 is 5.91 Å². The second-order valence-electron chi connectivity index (χ2n) is 8.64. The second kappa shape index (κ2) is 8.25. The molecule has 4 rings (SSSR count). The van der Waals surface area contributed by atoms with Gasteiger partial charge in [-0.2, -0.15) is 0 Å². The number of amides is 1. The number of carbonyl (C=O) groups is 1. The molecule has 0 spiro atoms. The summed E-state index contributed by atoms with van der Waals surface area (Å²) in [5.41, 5.74) is 11.3. The molecule has 164 valence electrons. The van der Waals surface area contributed by atoms with Crippen molar-refractivity contribution < 1.29 is 4.79 Å². The summed E-state index contributed by atoms with van der Waals surface area (Å²) in [6.45, 7) is 6.10. The van der Waals surface area contributed by atoms with E-state index in [9.17, 15) is 9.59 Å². The molecule has 6 nitrogen and oxygen atoms in total. The summed E-state index contributed by atoms with van der Waals surface area (Å²) in [6, 6.07) is 10.0. The van der Waals surface area contributed by atoms with E-state index in [-0.39, 0.29) is 5.56 Å². The number of rotatable bonds is 8. The molecule has 0 aliphatic heterocycles. The minimum atomic E-state index is -0.461. The lowest BCUT2D eigenvalue weighted by Gasteiger charge is -2.12. The Morgan fingerprint density at radius 1 is 1.06 bits per heavy atom. The summed E-state index contributed by atoms with van der Waals surface area (Å²) >= 11 is 0. The maximum Gasteiger partial charge on any atom is 0.279 e. The second-order valence-corrected chi connectivity index (χ2v) is 8.64. The molecule has 1 aliphatic rings. The Morgan fingerprint density at radius 2 is 1.74 bits per heavy atom. The van der Waals surface area contributed by atoms with Crippen LogP contribution in [0.2, 0.25) is 0 Å². The molecular formula is C25H32N4O2. The van der Waals surface area contributed by atoms with Gasteiger partial charge < -0.3 is 10.3 Å². The zero-order valence-corrected chi connectivity index (χ0v) is 18.9. The van der Waals surface area contributed by atoms with Crippen LogP contribution in [0.3, 0.4) is 0 Å². The highest BCUT2D eigenvalue weighted by atomic mass is 16.1. The van der Waals surface area contributed by atoms with Gasteiger partial charge in [0.25, 0.3) is 11.5 Å². The molecule has 6 heteroatoms. The van der Waals surface area contributed by atoms with Gasteiger partial charge in [-0.25, -0.2) is 4.68 Å². The van der Waals surface area contributed by atoms with Crippen molar-refractivity contribution in [2.24, 2.45) is 12.8 Å². The fourth-order valence-electron chi connectivity index (χ4n) is 4.81. The molecule has 3 aromatic rings.